The lowest BCUT2D eigenvalue weighted by atomic mass is 9.94. The van der Waals surface area contributed by atoms with Crippen LogP contribution in [0.25, 0.3) is 0 Å². The van der Waals surface area contributed by atoms with Crippen LogP contribution in [0.4, 0.5) is 4.39 Å². The fourth-order valence-corrected chi connectivity index (χ4v) is 2.62. The first-order chi connectivity index (χ1) is 9.22. The van der Waals surface area contributed by atoms with Crippen molar-refractivity contribution < 1.29 is 4.39 Å². The molecular weight excluding hydrogens is 237 g/mol. The number of hydrogen-bond acceptors (Lipinski definition) is 1. The highest BCUT2D eigenvalue weighted by Gasteiger charge is 2.42. The second-order valence-electron chi connectivity index (χ2n) is 5.49. The van der Waals surface area contributed by atoms with E-state index in [1.165, 1.54) is 30.0 Å². The van der Waals surface area contributed by atoms with E-state index in [4.69, 9.17) is 5.73 Å². The van der Waals surface area contributed by atoms with Crippen LogP contribution in [0.3, 0.4) is 0 Å². The summed E-state index contributed by atoms with van der Waals surface area (Å²) in [6, 6.07) is 15.4. The highest BCUT2D eigenvalue weighted by Crippen LogP contribution is 2.47. The van der Waals surface area contributed by atoms with Crippen LogP contribution in [0.1, 0.15) is 29.5 Å². The number of halogens is 1. The lowest BCUT2D eigenvalue weighted by Gasteiger charge is -2.13. The maximum absolute atomic E-state index is 13.1. The molecule has 2 N–H and O–H groups in total. The van der Waals surface area contributed by atoms with Gasteiger partial charge in [-0.2, -0.15) is 0 Å². The molecule has 0 spiro atoms. The average Bonchev–Trinajstić information content (AvgIpc) is 3.21. The summed E-state index contributed by atoms with van der Waals surface area (Å²) in [5.74, 6) is -0.172. The van der Waals surface area contributed by atoms with E-state index < -0.39 is 0 Å². The fraction of sp³-hybridized carbons (Fsp3) is 0.294. The predicted octanol–water partition coefficient (Wildman–Crippen LogP) is 3.41. The number of hydrogen-bond donors (Lipinski definition) is 1. The van der Waals surface area contributed by atoms with Crippen molar-refractivity contribution >= 4 is 0 Å². The van der Waals surface area contributed by atoms with Gasteiger partial charge in [0.25, 0.3) is 0 Å². The summed E-state index contributed by atoms with van der Waals surface area (Å²) in [6.45, 7) is 0.732. The Labute approximate surface area is 113 Å². The van der Waals surface area contributed by atoms with Crippen LogP contribution in [0, 0.1) is 5.82 Å². The van der Waals surface area contributed by atoms with Gasteiger partial charge in [-0.3, -0.25) is 0 Å². The fourth-order valence-electron chi connectivity index (χ4n) is 2.62. The van der Waals surface area contributed by atoms with Crippen molar-refractivity contribution in [1.29, 1.82) is 0 Å². The topological polar surface area (TPSA) is 26.0 Å². The van der Waals surface area contributed by atoms with E-state index >= 15 is 0 Å². The van der Waals surface area contributed by atoms with Crippen molar-refractivity contribution in [1.82, 2.24) is 0 Å². The average molecular weight is 255 g/mol. The maximum Gasteiger partial charge on any atom is 0.123 e. The van der Waals surface area contributed by atoms with Gasteiger partial charge < -0.3 is 5.73 Å². The summed E-state index contributed by atoms with van der Waals surface area (Å²) >= 11 is 0. The zero-order valence-electron chi connectivity index (χ0n) is 10.9. The number of benzene rings is 2. The van der Waals surface area contributed by atoms with Crippen LogP contribution in [0.2, 0.25) is 0 Å². The summed E-state index contributed by atoms with van der Waals surface area (Å²) in [4.78, 5) is 0. The third kappa shape index (κ3) is 2.54. The molecule has 2 aromatic carbocycles. The Morgan fingerprint density at radius 3 is 2.32 bits per heavy atom. The van der Waals surface area contributed by atoms with Gasteiger partial charge in [0, 0.05) is 12.0 Å². The quantitative estimate of drug-likeness (QED) is 0.890. The highest BCUT2D eigenvalue weighted by atomic mass is 19.1. The van der Waals surface area contributed by atoms with Gasteiger partial charge in [0.15, 0.2) is 0 Å². The summed E-state index contributed by atoms with van der Waals surface area (Å²) in [7, 11) is 0. The Balaban J connectivity index is 1.76. The summed E-state index contributed by atoms with van der Waals surface area (Å²) in [6.07, 6.45) is 3.17. The predicted molar refractivity (Wildman–Crippen MR) is 75.6 cm³/mol. The largest absolute Gasteiger partial charge is 0.330 e. The van der Waals surface area contributed by atoms with Crippen LogP contribution in [0.15, 0.2) is 48.5 Å². The third-order valence-corrected chi connectivity index (χ3v) is 4.11. The molecule has 1 saturated carbocycles. The lowest BCUT2D eigenvalue weighted by Crippen LogP contribution is -2.19. The molecule has 0 unspecified atom stereocenters. The molecule has 0 radical (unpaired) electrons. The second-order valence-corrected chi connectivity index (χ2v) is 5.49. The molecule has 3 rings (SSSR count). The molecule has 1 fully saturated rings. The molecule has 0 amide bonds. The summed E-state index contributed by atoms with van der Waals surface area (Å²) < 4.78 is 13.1. The lowest BCUT2D eigenvalue weighted by molar-refractivity contribution is 0.626. The van der Waals surface area contributed by atoms with Gasteiger partial charge in [-0.05, 0) is 48.1 Å². The Bertz CT molecular complexity index is 570. The van der Waals surface area contributed by atoms with Gasteiger partial charge in [-0.25, -0.2) is 4.39 Å². The van der Waals surface area contributed by atoms with Gasteiger partial charge in [-0.1, -0.05) is 36.4 Å². The zero-order chi connectivity index (χ0) is 13.3. The zero-order valence-corrected chi connectivity index (χ0v) is 10.9. The Morgan fingerprint density at radius 2 is 1.74 bits per heavy atom. The first-order valence-electron chi connectivity index (χ1n) is 6.76. The highest BCUT2D eigenvalue weighted by molar-refractivity contribution is 5.36. The normalized spacial score (nSPS) is 16.3. The number of nitrogens with two attached hydrogens (primary N) is 1. The molecule has 2 aromatic rings. The molecule has 0 bridgehead atoms. The SMILES string of the molecule is NCC1(c2ccc(Cc3cccc(F)c3)cc2)CC1. The molecule has 19 heavy (non-hydrogen) atoms. The van der Waals surface area contributed by atoms with Crippen molar-refractivity contribution in [3.05, 3.63) is 71.0 Å². The molecule has 1 nitrogen and oxygen atoms in total. The van der Waals surface area contributed by atoms with Gasteiger partial charge in [-0.15, -0.1) is 0 Å². The second kappa shape index (κ2) is 4.78. The molecule has 0 heterocycles. The smallest absolute Gasteiger partial charge is 0.123 e. The van der Waals surface area contributed by atoms with E-state index in [1.54, 1.807) is 12.1 Å². The van der Waals surface area contributed by atoms with Gasteiger partial charge in [0.05, 0.1) is 0 Å². The van der Waals surface area contributed by atoms with E-state index in [2.05, 4.69) is 24.3 Å². The Morgan fingerprint density at radius 1 is 1.00 bits per heavy atom. The third-order valence-electron chi connectivity index (χ3n) is 4.11. The van der Waals surface area contributed by atoms with Gasteiger partial charge in [0.1, 0.15) is 5.82 Å². The molecule has 0 atom stereocenters. The molecule has 0 aromatic heterocycles. The van der Waals surface area contributed by atoms with Crippen LogP contribution in [-0.2, 0) is 11.8 Å². The van der Waals surface area contributed by atoms with Crippen molar-refractivity contribution in [2.45, 2.75) is 24.7 Å². The minimum atomic E-state index is -0.172. The first kappa shape index (κ1) is 12.4. The standard InChI is InChI=1S/C17H18FN/c18-16-3-1-2-14(11-16)10-13-4-6-15(7-5-13)17(12-19)8-9-17/h1-7,11H,8-10,12,19H2. The molecule has 0 saturated heterocycles. The molecule has 0 aliphatic heterocycles. The molecule has 1 aliphatic rings. The van der Waals surface area contributed by atoms with E-state index in [0.29, 0.717) is 0 Å². The monoisotopic (exact) mass is 255 g/mol. The van der Waals surface area contributed by atoms with E-state index in [9.17, 15) is 4.39 Å². The first-order valence-corrected chi connectivity index (χ1v) is 6.76. The van der Waals surface area contributed by atoms with Crippen LogP contribution in [-0.4, -0.2) is 6.54 Å². The minimum absolute atomic E-state index is 0.172. The van der Waals surface area contributed by atoms with Crippen molar-refractivity contribution in [2.75, 3.05) is 6.54 Å². The van der Waals surface area contributed by atoms with Crippen LogP contribution in [0.5, 0.6) is 0 Å². The van der Waals surface area contributed by atoms with Gasteiger partial charge >= 0.3 is 0 Å². The van der Waals surface area contributed by atoms with Crippen molar-refractivity contribution in [2.24, 2.45) is 5.73 Å². The van der Waals surface area contributed by atoms with Crippen LogP contribution < -0.4 is 5.73 Å². The van der Waals surface area contributed by atoms with E-state index in [1.807, 2.05) is 6.07 Å². The van der Waals surface area contributed by atoms with E-state index in [-0.39, 0.29) is 11.2 Å². The molecule has 2 heteroatoms. The van der Waals surface area contributed by atoms with Crippen molar-refractivity contribution in [3.8, 4) is 0 Å². The molecule has 1 aliphatic carbocycles. The summed E-state index contributed by atoms with van der Waals surface area (Å²) in [5, 5.41) is 0. The minimum Gasteiger partial charge on any atom is -0.330 e. The summed E-state index contributed by atoms with van der Waals surface area (Å²) in [5.41, 5.74) is 9.65. The van der Waals surface area contributed by atoms with E-state index in [0.717, 1.165) is 18.5 Å². The number of rotatable bonds is 4. The Kier molecular flexibility index (Phi) is 3.11. The van der Waals surface area contributed by atoms with Crippen molar-refractivity contribution in [3.63, 3.8) is 0 Å². The Hall–Kier alpha value is -1.67. The maximum atomic E-state index is 13.1. The molecular formula is C17H18FN. The van der Waals surface area contributed by atoms with Gasteiger partial charge in [0.2, 0.25) is 0 Å². The molecule has 98 valence electrons. The van der Waals surface area contributed by atoms with Crippen LogP contribution >= 0.6 is 0 Å².